The van der Waals surface area contributed by atoms with Gasteiger partial charge in [0.25, 0.3) is 0 Å². The smallest absolute Gasteiger partial charge is 0.309 e. The summed E-state index contributed by atoms with van der Waals surface area (Å²) in [6.07, 6.45) is 0.0904. The van der Waals surface area contributed by atoms with Gasteiger partial charge >= 0.3 is 5.97 Å². The maximum Gasteiger partial charge on any atom is 0.309 e. The van der Waals surface area contributed by atoms with Crippen LogP contribution in [0.25, 0.3) is 0 Å². The number of carboxylic acid groups (broad SMARTS) is 1. The van der Waals surface area contributed by atoms with E-state index in [1.54, 1.807) is 4.90 Å². The summed E-state index contributed by atoms with van der Waals surface area (Å²) in [6, 6.07) is 9.05. The van der Waals surface area contributed by atoms with Gasteiger partial charge in [-0.1, -0.05) is 30.3 Å². The molecule has 0 aliphatic carbocycles. The molecule has 0 unspecified atom stereocenters. The van der Waals surface area contributed by atoms with Gasteiger partial charge in [-0.3, -0.25) is 9.59 Å². The number of carboxylic acids is 1. The average Bonchev–Trinajstić information content (AvgIpc) is 2.68. The third-order valence-corrected chi connectivity index (χ3v) is 3.38. The molecule has 1 amide bonds. The molecule has 4 nitrogen and oxygen atoms in total. The fourth-order valence-electron chi connectivity index (χ4n) is 2.63. The third kappa shape index (κ3) is 2.10. The molecular formula is C14H17NO3. The fourth-order valence-corrected chi connectivity index (χ4v) is 2.63. The molecule has 1 saturated heterocycles. The molecule has 1 aliphatic heterocycles. The number of benzene rings is 1. The topological polar surface area (TPSA) is 57.6 Å². The van der Waals surface area contributed by atoms with Gasteiger partial charge in [-0.05, 0) is 19.4 Å². The Bertz CT molecular complexity index is 455. The SMILES string of the molecule is CC(C)N1C(=O)C[C@@H](C(=O)O)[C@H]1c1ccccc1. The Morgan fingerprint density at radius 2 is 1.94 bits per heavy atom. The Labute approximate surface area is 106 Å². The van der Waals surface area contributed by atoms with Gasteiger partial charge in [-0.25, -0.2) is 0 Å². The third-order valence-electron chi connectivity index (χ3n) is 3.38. The van der Waals surface area contributed by atoms with Crippen LogP contribution in [0.3, 0.4) is 0 Å². The summed E-state index contributed by atoms with van der Waals surface area (Å²) >= 11 is 0. The number of hydrogen-bond donors (Lipinski definition) is 1. The van der Waals surface area contributed by atoms with Gasteiger partial charge in [0.1, 0.15) is 0 Å². The minimum absolute atomic E-state index is 0.00653. The Balaban J connectivity index is 2.43. The molecule has 1 fully saturated rings. The molecule has 4 heteroatoms. The summed E-state index contributed by atoms with van der Waals surface area (Å²) < 4.78 is 0. The minimum Gasteiger partial charge on any atom is -0.481 e. The van der Waals surface area contributed by atoms with E-state index in [4.69, 9.17) is 0 Å². The fraction of sp³-hybridized carbons (Fsp3) is 0.429. The Kier molecular flexibility index (Phi) is 3.36. The standard InChI is InChI=1S/C14H17NO3/c1-9(2)15-12(16)8-11(14(17)18)13(15)10-6-4-3-5-7-10/h3-7,9,11,13H,8H2,1-2H3,(H,17,18)/t11-,13-/m1/s1. The van der Waals surface area contributed by atoms with E-state index < -0.39 is 11.9 Å². The molecule has 1 aromatic rings. The number of carbonyl (C=O) groups is 2. The lowest BCUT2D eigenvalue weighted by Crippen LogP contribution is -2.36. The van der Waals surface area contributed by atoms with E-state index in [1.807, 2.05) is 44.2 Å². The Morgan fingerprint density at radius 1 is 1.33 bits per heavy atom. The van der Waals surface area contributed by atoms with Crippen molar-refractivity contribution in [2.75, 3.05) is 0 Å². The highest BCUT2D eigenvalue weighted by molar-refractivity contribution is 5.87. The van der Waals surface area contributed by atoms with E-state index in [9.17, 15) is 14.7 Å². The molecule has 1 aromatic carbocycles. The molecule has 1 heterocycles. The first-order chi connectivity index (χ1) is 8.52. The molecular weight excluding hydrogens is 230 g/mol. The summed E-state index contributed by atoms with van der Waals surface area (Å²) in [7, 11) is 0. The highest BCUT2D eigenvalue weighted by atomic mass is 16.4. The number of carbonyl (C=O) groups excluding carboxylic acids is 1. The van der Waals surface area contributed by atoms with Crippen molar-refractivity contribution in [3.8, 4) is 0 Å². The lowest BCUT2D eigenvalue weighted by atomic mass is 9.93. The number of amides is 1. The molecule has 1 aliphatic rings. The number of hydrogen-bond acceptors (Lipinski definition) is 2. The van der Waals surface area contributed by atoms with E-state index in [0.717, 1.165) is 5.56 Å². The van der Waals surface area contributed by atoms with Crippen molar-refractivity contribution in [3.05, 3.63) is 35.9 Å². The van der Waals surface area contributed by atoms with Gasteiger partial charge in [0, 0.05) is 12.5 Å². The second-order valence-corrected chi connectivity index (χ2v) is 4.90. The summed E-state index contributed by atoms with van der Waals surface area (Å²) in [5.74, 6) is -1.63. The molecule has 2 atom stereocenters. The van der Waals surface area contributed by atoms with Gasteiger partial charge in [0.15, 0.2) is 0 Å². The van der Waals surface area contributed by atoms with Gasteiger partial charge < -0.3 is 10.0 Å². The lowest BCUT2D eigenvalue weighted by molar-refractivity contribution is -0.142. The molecule has 18 heavy (non-hydrogen) atoms. The van der Waals surface area contributed by atoms with Crippen LogP contribution in [-0.2, 0) is 9.59 Å². The van der Waals surface area contributed by atoms with Crippen LogP contribution < -0.4 is 0 Å². The zero-order valence-corrected chi connectivity index (χ0v) is 10.5. The van der Waals surface area contributed by atoms with Crippen LogP contribution in [-0.4, -0.2) is 27.9 Å². The first-order valence-corrected chi connectivity index (χ1v) is 6.11. The van der Waals surface area contributed by atoms with Gasteiger partial charge in [0.05, 0.1) is 12.0 Å². The van der Waals surface area contributed by atoms with Crippen molar-refractivity contribution < 1.29 is 14.7 Å². The van der Waals surface area contributed by atoms with Crippen molar-refractivity contribution >= 4 is 11.9 Å². The Hall–Kier alpha value is -1.84. The Morgan fingerprint density at radius 3 is 2.44 bits per heavy atom. The number of rotatable bonds is 3. The van der Waals surface area contributed by atoms with Crippen molar-refractivity contribution in [1.82, 2.24) is 4.90 Å². The second-order valence-electron chi connectivity index (χ2n) is 4.90. The minimum atomic E-state index is -0.902. The molecule has 0 saturated carbocycles. The van der Waals surface area contributed by atoms with Crippen molar-refractivity contribution in [2.45, 2.75) is 32.4 Å². The van der Waals surface area contributed by atoms with Crippen molar-refractivity contribution in [3.63, 3.8) is 0 Å². The average molecular weight is 247 g/mol. The zero-order chi connectivity index (χ0) is 13.3. The summed E-state index contributed by atoms with van der Waals surface area (Å²) in [5, 5.41) is 9.28. The van der Waals surface area contributed by atoms with Gasteiger partial charge in [-0.2, -0.15) is 0 Å². The molecule has 1 N–H and O–H groups in total. The lowest BCUT2D eigenvalue weighted by Gasteiger charge is -2.30. The summed E-state index contributed by atoms with van der Waals surface area (Å²) in [4.78, 5) is 25.0. The molecule has 2 rings (SSSR count). The predicted octanol–water partition coefficient (Wildman–Crippen LogP) is 2.07. The predicted molar refractivity (Wildman–Crippen MR) is 66.9 cm³/mol. The second kappa shape index (κ2) is 4.80. The maximum atomic E-state index is 12.0. The number of nitrogens with zero attached hydrogens (tertiary/aromatic N) is 1. The van der Waals surface area contributed by atoms with E-state index in [0.29, 0.717) is 0 Å². The quantitative estimate of drug-likeness (QED) is 0.889. The van der Waals surface area contributed by atoms with Crippen LogP contribution in [0, 0.1) is 5.92 Å². The van der Waals surface area contributed by atoms with Crippen LogP contribution in [0.4, 0.5) is 0 Å². The molecule has 0 bridgehead atoms. The van der Waals surface area contributed by atoms with E-state index in [1.165, 1.54) is 0 Å². The molecule has 0 aromatic heterocycles. The van der Waals surface area contributed by atoms with Crippen LogP contribution in [0.5, 0.6) is 0 Å². The van der Waals surface area contributed by atoms with E-state index in [-0.39, 0.29) is 24.4 Å². The first kappa shape index (κ1) is 12.6. The summed E-state index contributed by atoms with van der Waals surface area (Å²) in [6.45, 7) is 3.83. The van der Waals surface area contributed by atoms with E-state index in [2.05, 4.69) is 0 Å². The highest BCUT2D eigenvalue weighted by Crippen LogP contribution is 2.39. The largest absolute Gasteiger partial charge is 0.481 e. The van der Waals surface area contributed by atoms with Crippen LogP contribution in [0.15, 0.2) is 30.3 Å². The van der Waals surface area contributed by atoms with Crippen molar-refractivity contribution in [1.29, 1.82) is 0 Å². The highest BCUT2D eigenvalue weighted by Gasteiger charge is 2.45. The van der Waals surface area contributed by atoms with Crippen molar-refractivity contribution in [2.24, 2.45) is 5.92 Å². The van der Waals surface area contributed by atoms with Gasteiger partial charge in [-0.15, -0.1) is 0 Å². The maximum absolute atomic E-state index is 12.0. The number of likely N-dealkylation sites (tertiary alicyclic amines) is 1. The van der Waals surface area contributed by atoms with Crippen LogP contribution in [0.2, 0.25) is 0 Å². The zero-order valence-electron chi connectivity index (χ0n) is 10.5. The van der Waals surface area contributed by atoms with Crippen LogP contribution in [0.1, 0.15) is 31.9 Å². The summed E-state index contributed by atoms with van der Waals surface area (Å²) in [5.41, 5.74) is 0.893. The van der Waals surface area contributed by atoms with E-state index >= 15 is 0 Å². The molecule has 96 valence electrons. The number of aliphatic carboxylic acids is 1. The molecule has 0 spiro atoms. The van der Waals surface area contributed by atoms with Crippen LogP contribution >= 0.6 is 0 Å². The van der Waals surface area contributed by atoms with Gasteiger partial charge in [0.2, 0.25) is 5.91 Å². The first-order valence-electron chi connectivity index (χ1n) is 6.11. The molecule has 0 radical (unpaired) electrons. The monoisotopic (exact) mass is 247 g/mol. The normalized spacial score (nSPS) is 23.7.